The van der Waals surface area contributed by atoms with Gasteiger partial charge in [0.1, 0.15) is 11.5 Å². The predicted octanol–water partition coefficient (Wildman–Crippen LogP) is 3.07. The molecule has 0 atom stereocenters. The fourth-order valence-corrected chi connectivity index (χ4v) is 3.28. The van der Waals surface area contributed by atoms with Gasteiger partial charge in [0, 0.05) is 12.5 Å². The van der Waals surface area contributed by atoms with Crippen molar-refractivity contribution >= 4 is 11.8 Å². The molecule has 2 aliphatic rings. The second-order valence-corrected chi connectivity index (χ2v) is 6.25. The number of hydrogen-bond donors (Lipinski definition) is 0. The number of Topliss-reactive ketones (excluding diaryl/α,β-unsaturated/α-hetero) is 1. The van der Waals surface area contributed by atoms with E-state index in [-0.39, 0.29) is 23.8 Å². The molecule has 1 aliphatic heterocycles. The van der Waals surface area contributed by atoms with Gasteiger partial charge in [0.15, 0.2) is 5.78 Å². The summed E-state index contributed by atoms with van der Waals surface area (Å²) in [7, 11) is 1.43. The zero-order chi connectivity index (χ0) is 16.4. The van der Waals surface area contributed by atoms with E-state index in [9.17, 15) is 9.59 Å². The lowest BCUT2D eigenvalue weighted by molar-refractivity contribution is -0.147. The van der Waals surface area contributed by atoms with Crippen molar-refractivity contribution in [3.05, 3.63) is 23.3 Å². The van der Waals surface area contributed by atoms with Crippen LogP contribution in [0.25, 0.3) is 0 Å². The molecule has 1 aliphatic carbocycles. The van der Waals surface area contributed by atoms with E-state index in [4.69, 9.17) is 14.2 Å². The van der Waals surface area contributed by atoms with Gasteiger partial charge in [-0.15, -0.1) is 0 Å². The molecular weight excluding hydrogens is 296 g/mol. The highest BCUT2D eigenvalue weighted by atomic mass is 16.5. The Morgan fingerprint density at radius 2 is 1.96 bits per heavy atom. The summed E-state index contributed by atoms with van der Waals surface area (Å²) in [6.07, 6.45) is 3.76. The van der Waals surface area contributed by atoms with Crippen LogP contribution in [0.5, 0.6) is 11.5 Å². The number of rotatable bonds is 3. The zero-order valence-electron chi connectivity index (χ0n) is 13.6. The third-order valence-corrected chi connectivity index (χ3v) is 4.67. The van der Waals surface area contributed by atoms with E-state index in [1.807, 2.05) is 19.1 Å². The lowest BCUT2D eigenvalue weighted by Crippen LogP contribution is -2.28. The summed E-state index contributed by atoms with van der Waals surface area (Å²) in [6.45, 7) is 2.37. The summed E-state index contributed by atoms with van der Waals surface area (Å²) < 4.78 is 16.5. The van der Waals surface area contributed by atoms with Gasteiger partial charge in [-0.1, -0.05) is 0 Å². The van der Waals surface area contributed by atoms with E-state index < -0.39 is 0 Å². The number of aryl methyl sites for hydroxylation is 1. The normalized spacial score (nSPS) is 23.7. The number of ether oxygens (including phenoxy) is 3. The number of benzene rings is 1. The molecule has 124 valence electrons. The molecule has 0 amide bonds. The van der Waals surface area contributed by atoms with Gasteiger partial charge in [-0.2, -0.15) is 0 Å². The molecule has 1 fully saturated rings. The summed E-state index contributed by atoms with van der Waals surface area (Å²) in [6, 6.07) is 3.68. The van der Waals surface area contributed by atoms with E-state index in [0.717, 1.165) is 37.0 Å². The molecule has 0 spiro atoms. The average Bonchev–Trinajstić information content (AvgIpc) is 2.56. The maximum absolute atomic E-state index is 11.9. The van der Waals surface area contributed by atoms with Crippen LogP contribution in [0.3, 0.4) is 0 Å². The van der Waals surface area contributed by atoms with Crippen molar-refractivity contribution in [1.29, 1.82) is 0 Å². The minimum absolute atomic E-state index is 0.00886. The first-order chi connectivity index (χ1) is 11.1. The van der Waals surface area contributed by atoms with Crippen LogP contribution in [-0.2, 0) is 9.53 Å². The van der Waals surface area contributed by atoms with Gasteiger partial charge >= 0.3 is 5.97 Å². The van der Waals surface area contributed by atoms with Crippen molar-refractivity contribution in [2.45, 2.75) is 45.1 Å². The van der Waals surface area contributed by atoms with Crippen molar-refractivity contribution in [3.63, 3.8) is 0 Å². The second-order valence-electron chi connectivity index (χ2n) is 6.25. The number of hydrogen-bond acceptors (Lipinski definition) is 5. The molecule has 0 unspecified atom stereocenters. The van der Waals surface area contributed by atoms with Gasteiger partial charge in [-0.05, 0) is 44.2 Å². The largest absolute Gasteiger partial charge is 0.492 e. The van der Waals surface area contributed by atoms with Gasteiger partial charge in [0.25, 0.3) is 0 Å². The van der Waals surface area contributed by atoms with E-state index in [2.05, 4.69) is 0 Å². The van der Waals surface area contributed by atoms with Crippen LogP contribution in [0.4, 0.5) is 0 Å². The van der Waals surface area contributed by atoms with Crippen LogP contribution in [0.1, 0.15) is 48.0 Å². The van der Waals surface area contributed by atoms with Gasteiger partial charge in [0.2, 0.25) is 0 Å². The second kappa shape index (κ2) is 6.60. The van der Waals surface area contributed by atoms with Crippen molar-refractivity contribution < 1.29 is 23.8 Å². The van der Waals surface area contributed by atoms with Gasteiger partial charge < -0.3 is 14.2 Å². The number of ketones is 1. The fourth-order valence-electron chi connectivity index (χ4n) is 3.28. The quantitative estimate of drug-likeness (QED) is 0.802. The molecule has 0 bridgehead atoms. The molecule has 0 N–H and O–H groups in total. The molecule has 5 nitrogen and oxygen atoms in total. The van der Waals surface area contributed by atoms with Crippen LogP contribution in [0.15, 0.2) is 12.1 Å². The molecule has 23 heavy (non-hydrogen) atoms. The molecule has 0 radical (unpaired) electrons. The summed E-state index contributed by atoms with van der Waals surface area (Å²) in [5, 5.41) is 0. The number of esters is 1. The van der Waals surface area contributed by atoms with Crippen molar-refractivity contribution in [2.24, 2.45) is 5.92 Å². The molecular formula is C18H22O5. The Kier molecular flexibility index (Phi) is 4.55. The molecule has 5 heteroatoms. The van der Waals surface area contributed by atoms with E-state index in [1.54, 1.807) is 0 Å². The highest BCUT2D eigenvalue weighted by Gasteiger charge is 2.28. The summed E-state index contributed by atoms with van der Waals surface area (Å²) in [5.41, 5.74) is 1.59. The molecule has 1 aromatic rings. The number of methoxy groups -OCH3 is 1. The van der Waals surface area contributed by atoms with Crippen molar-refractivity contribution in [3.8, 4) is 11.5 Å². The monoisotopic (exact) mass is 318 g/mol. The lowest BCUT2D eigenvalue weighted by atomic mass is 9.87. The van der Waals surface area contributed by atoms with E-state index in [1.165, 1.54) is 7.11 Å². The van der Waals surface area contributed by atoms with Crippen molar-refractivity contribution in [1.82, 2.24) is 0 Å². The average molecular weight is 318 g/mol. The topological polar surface area (TPSA) is 61.8 Å². The van der Waals surface area contributed by atoms with E-state index in [0.29, 0.717) is 24.3 Å². The Hall–Kier alpha value is -2.04. The molecule has 0 saturated heterocycles. The van der Waals surface area contributed by atoms with Crippen molar-refractivity contribution in [2.75, 3.05) is 13.7 Å². The summed E-state index contributed by atoms with van der Waals surface area (Å²) in [5.74, 6) is 1.37. The highest BCUT2D eigenvalue weighted by Crippen LogP contribution is 2.35. The zero-order valence-corrected chi connectivity index (χ0v) is 13.6. The number of carbonyl (C=O) groups excluding carboxylic acids is 2. The van der Waals surface area contributed by atoms with Crippen LogP contribution >= 0.6 is 0 Å². The smallest absolute Gasteiger partial charge is 0.308 e. The molecule has 0 aromatic heterocycles. The summed E-state index contributed by atoms with van der Waals surface area (Å²) >= 11 is 0. The molecule has 1 heterocycles. The summed E-state index contributed by atoms with van der Waals surface area (Å²) in [4.78, 5) is 23.5. The molecule has 1 aromatic carbocycles. The first kappa shape index (κ1) is 15.8. The first-order valence-electron chi connectivity index (χ1n) is 8.13. The van der Waals surface area contributed by atoms with Crippen LogP contribution in [-0.4, -0.2) is 31.6 Å². The Morgan fingerprint density at radius 1 is 1.22 bits per heavy atom. The van der Waals surface area contributed by atoms with Gasteiger partial charge in [0.05, 0.1) is 31.3 Å². The van der Waals surface area contributed by atoms with Crippen LogP contribution in [0.2, 0.25) is 0 Å². The maximum Gasteiger partial charge on any atom is 0.308 e. The third kappa shape index (κ3) is 3.33. The standard InChI is InChI=1S/C18H22O5/c1-11-9-14-15(19)7-8-22-17(14)10-16(11)23-13-5-3-12(4-6-13)18(20)21-2/h9-10,12-13H,3-8H2,1-2H3/t12-,13-. The van der Waals surface area contributed by atoms with Gasteiger partial charge in [-0.3, -0.25) is 9.59 Å². The highest BCUT2D eigenvalue weighted by molar-refractivity contribution is 6.00. The number of carbonyl (C=O) groups is 2. The molecule has 1 saturated carbocycles. The third-order valence-electron chi connectivity index (χ3n) is 4.67. The molecule has 3 rings (SSSR count). The van der Waals surface area contributed by atoms with Crippen LogP contribution < -0.4 is 9.47 Å². The lowest BCUT2D eigenvalue weighted by Gasteiger charge is -2.28. The Morgan fingerprint density at radius 3 is 2.65 bits per heavy atom. The number of fused-ring (bicyclic) bond motifs is 1. The maximum atomic E-state index is 11.9. The SMILES string of the molecule is COC(=O)[C@H]1CC[C@H](Oc2cc3c(cc2C)C(=O)CCO3)CC1. The van der Waals surface area contributed by atoms with Crippen LogP contribution in [0, 0.1) is 12.8 Å². The minimum Gasteiger partial charge on any atom is -0.492 e. The van der Waals surface area contributed by atoms with Gasteiger partial charge in [-0.25, -0.2) is 0 Å². The Labute approximate surface area is 135 Å². The predicted molar refractivity (Wildman–Crippen MR) is 84.0 cm³/mol. The van der Waals surface area contributed by atoms with E-state index >= 15 is 0 Å². The Balaban J connectivity index is 1.67. The Bertz CT molecular complexity index is 614. The fraction of sp³-hybridized carbons (Fsp3) is 0.556. The minimum atomic E-state index is -0.125. The first-order valence-corrected chi connectivity index (χ1v) is 8.13.